The Morgan fingerprint density at radius 1 is 1.09 bits per heavy atom. The van der Waals surface area contributed by atoms with Crippen LogP contribution in [0.2, 0.25) is 0 Å². The second-order valence-corrected chi connectivity index (χ2v) is 4.73. The lowest BCUT2D eigenvalue weighted by Crippen LogP contribution is -2.42. The van der Waals surface area contributed by atoms with Crippen LogP contribution in [0.3, 0.4) is 0 Å². The molecule has 0 radical (unpaired) electrons. The highest BCUT2D eigenvalue weighted by atomic mass is 16.5. The van der Waals surface area contributed by atoms with Crippen LogP contribution in [0.4, 0.5) is 4.79 Å². The van der Waals surface area contributed by atoms with Crippen molar-refractivity contribution >= 4 is 23.8 Å². The van der Waals surface area contributed by atoms with E-state index in [0.717, 1.165) is 4.90 Å². The first-order valence-corrected chi connectivity index (χ1v) is 7.16. The number of imide groups is 2. The van der Waals surface area contributed by atoms with Gasteiger partial charge in [0.15, 0.2) is 0 Å². The third-order valence-electron chi connectivity index (χ3n) is 3.19. The molecule has 2 rings (SSSR count). The van der Waals surface area contributed by atoms with Crippen LogP contribution >= 0.6 is 0 Å². The number of ether oxygens (including phenoxy) is 1. The van der Waals surface area contributed by atoms with Crippen molar-refractivity contribution < 1.29 is 23.9 Å². The molecule has 122 valence electrons. The van der Waals surface area contributed by atoms with Gasteiger partial charge in [0.05, 0.1) is 6.54 Å². The maximum absolute atomic E-state index is 11.8. The molecule has 0 spiro atoms. The van der Waals surface area contributed by atoms with Crippen LogP contribution in [0.1, 0.15) is 6.92 Å². The lowest BCUT2D eigenvalue weighted by Gasteiger charge is -2.14. The van der Waals surface area contributed by atoms with Gasteiger partial charge in [-0.3, -0.25) is 19.3 Å². The number of rotatable bonds is 7. The first kappa shape index (κ1) is 16.5. The fourth-order valence-electron chi connectivity index (χ4n) is 2.04. The van der Waals surface area contributed by atoms with Crippen molar-refractivity contribution in [2.75, 3.05) is 26.2 Å². The number of carbonyl (C=O) groups is 4. The van der Waals surface area contributed by atoms with Gasteiger partial charge in [0, 0.05) is 6.54 Å². The molecule has 0 unspecified atom stereocenters. The van der Waals surface area contributed by atoms with Gasteiger partial charge in [-0.1, -0.05) is 18.2 Å². The largest absolute Gasteiger partial charge is 0.492 e. The lowest BCUT2D eigenvalue weighted by molar-refractivity contribution is -0.143. The number of likely N-dealkylation sites (N-methyl/N-ethyl adjacent to an activating group) is 1. The Bertz CT molecular complexity index is 617. The van der Waals surface area contributed by atoms with E-state index < -0.39 is 30.3 Å². The van der Waals surface area contributed by atoms with Gasteiger partial charge >= 0.3 is 17.8 Å². The molecule has 1 aliphatic rings. The van der Waals surface area contributed by atoms with Crippen molar-refractivity contribution in [1.29, 1.82) is 0 Å². The smallest absolute Gasteiger partial charge is 0.334 e. The second-order valence-electron chi connectivity index (χ2n) is 4.73. The Hall–Kier alpha value is -2.90. The number of urea groups is 1. The third-order valence-corrected chi connectivity index (χ3v) is 3.19. The summed E-state index contributed by atoms with van der Waals surface area (Å²) in [5, 5.41) is 2.53. The van der Waals surface area contributed by atoms with E-state index in [2.05, 4.69) is 5.32 Å². The number of hydrogen-bond donors (Lipinski definition) is 1. The van der Waals surface area contributed by atoms with Crippen molar-refractivity contribution in [3.05, 3.63) is 30.3 Å². The van der Waals surface area contributed by atoms with Gasteiger partial charge in [0.25, 0.3) is 0 Å². The zero-order chi connectivity index (χ0) is 16.8. The predicted octanol–water partition coefficient (Wildman–Crippen LogP) is -0.00770. The summed E-state index contributed by atoms with van der Waals surface area (Å²) in [4.78, 5) is 48.2. The molecule has 5 amide bonds. The molecule has 1 heterocycles. The Kier molecular flexibility index (Phi) is 5.29. The zero-order valence-corrected chi connectivity index (χ0v) is 12.7. The third kappa shape index (κ3) is 3.85. The van der Waals surface area contributed by atoms with Gasteiger partial charge in [0.2, 0.25) is 5.91 Å². The molecule has 8 nitrogen and oxygen atoms in total. The summed E-state index contributed by atoms with van der Waals surface area (Å²) in [7, 11) is 0. The van der Waals surface area contributed by atoms with E-state index in [1.54, 1.807) is 19.1 Å². The topological polar surface area (TPSA) is 96.0 Å². The van der Waals surface area contributed by atoms with Crippen LogP contribution < -0.4 is 10.1 Å². The number of nitrogens with one attached hydrogen (secondary N) is 1. The molecule has 1 fully saturated rings. The van der Waals surface area contributed by atoms with Crippen LogP contribution in [-0.4, -0.2) is 59.8 Å². The van der Waals surface area contributed by atoms with Crippen molar-refractivity contribution in [2.24, 2.45) is 0 Å². The molecule has 1 N–H and O–H groups in total. The summed E-state index contributed by atoms with van der Waals surface area (Å²) >= 11 is 0. The maximum Gasteiger partial charge on any atom is 0.334 e. The highest BCUT2D eigenvalue weighted by molar-refractivity contribution is 6.45. The van der Waals surface area contributed by atoms with E-state index in [1.807, 2.05) is 18.2 Å². The number of hydrogen-bond acceptors (Lipinski definition) is 5. The van der Waals surface area contributed by atoms with E-state index in [0.29, 0.717) is 10.6 Å². The number of para-hydroxylation sites is 1. The fraction of sp³-hybridized carbons (Fsp3) is 0.333. The molecule has 0 aliphatic carbocycles. The van der Waals surface area contributed by atoms with Crippen molar-refractivity contribution in [1.82, 2.24) is 15.1 Å². The van der Waals surface area contributed by atoms with Gasteiger partial charge in [0.1, 0.15) is 18.9 Å². The molecule has 1 aliphatic heterocycles. The van der Waals surface area contributed by atoms with Crippen molar-refractivity contribution in [2.45, 2.75) is 6.92 Å². The van der Waals surface area contributed by atoms with Crippen LogP contribution in [-0.2, 0) is 14.4 Å². The van der Waals surface area contributed by atoms with Crippen molar-refractivity contribution in [3.63, 3.8) is 0 Å². The first-order chi connectivity index (χ1) is 11.0. The summed E-state index contributed by atoms with van der Waals surface area (Å²) < 4.78 is 5.40. The van der Waals surface area contributed by atoms with Gasteiger partial charge in [-0.25, -0.2) is 9.69 Å². The molecule has 0 saturated carbocycles. The van der Waals surface area contributed by atoms with E-state index in [9.17, 15) is 19.2 Å². The maximum atomic E-state index is 11.8. The minimum Gasteiger partial charge on any atom is -0.492 e. The molecular formula is C15H17N3O5. The molecule has 1 aromatic rings. The second kappa shape index (κ2) is 7.39. The van der Waals surface area contributed by atoms with Gasteiger partial charge in [-0.15, -0.1) is 0 Å². The summed E-state index contributed by atoms with van der Waals surface area (Å²) in [6, 6.07) is 8.32. The Morgan fingerprint density at radius 2 is 1.74 bits per heavy atom. The molecule has 1 aromatic carbocycles. The van der Waals surface area contributed by atoms with Crippen LogP contribution in [0.15, 0.2) is 30.3 Å². The number of nitrogens with zero attached hydrogens (tertiary/aromatic N) is 2. The standard InChI is InChI=1S/C15H17N3O5/c1-2-17-13(20)14(21)18(15(17)22)10-12(19)16-8-9-23-11-6-4-3-5-7-11/h3-7H,2,8-10H2,1H3,(H,16,19). The van der Waals surface area contributed by atoms with Crippen LogP contribution in [0.5, 0.6) is 5.75 Å². The number of carbonyl (C=O) groups excluding carboxylic acids is 4. The predicted molar refractivity (Wildman–Crippen MR) is 79.4 cm³/mol. The van der Waals surface area contributed by atoms with E-state index in [1.165, 1.54) is 0 Å². The summed E-state index contributed by atoms with van der Waals surface area (Å²) in [5.41, 5.74) is 0. The summed E-state index contributed by atoms with van der Waals surface area (Å²) in [5.74, 6) is -1.74. The molecule has 0 bridgehead atoms. The average molecular weight is 319 g/mol. The zero-order valence-electron chi connectivity index (χ0n) is 12.7. The molecule has 8 heteroatoms. The number of amides is 5. The van der Waals surface area contributed by atoms with E-state index in [4.69, 9.17) is 4.74 Å². The lowest BCUT2D eigenvalue weighted by atomic mass is 10.3. The Morgan fingerprint density at radius 3 is 2.35 bits per heavy atom. The van der Waals surface area contributed by atoms with E-state index in [-0.39, 0.29) is 19.7 Å². The molecule has 0 aromatic heterocycles. The van der Waals surface area contributed by atoms with Crippen LogP contribution in [0, 0.1) is 0 Å². The average Bonchev–Trinajstić information content (AvgIpc) is 2.76. The van der Waals surface area contributed by atoms with Gasteiger partial charge < -0.3 is 10.1 Å². The minimum absolute atomic E-state index is 0.0897. The van der Waals surface area contributed by atoms with Gasteiger partial charge in [-0.05, 0) is 19.1 Å². The normalized spacial score (nSPS) is 14.4. The molecule has 1 saturated heterocycles. The van der Waals surface area contributed by atoms with Crippen molar-refractivity contribution in [3.8, 4) is 5.75 Å². The molecule has 23 heavy (non-hydrogen) atoms. The SMILES string of the molecule is CCN1C(=O)C(=O)N(CC(=O)NCCOc2ccccc2)C1=O. The quantitative estimate of drug-likeness (QED) is 0.433. The molecular weight excluding hydrogens is 302 g/mol. The van der Waals surface area contributed by atoms with E-state index >= 15 is 0 Å². The fourth-order valence-corrected chi connectivity index (χ4v) is 2.04. The first-order valence-electron chi connectivity index (χ1n) is 7.16. The summed E-state index contributed by atoms with van der Waals surface area (Å²) in [6.07, 6.45) is 0. The van der Waals surface area contributed by atoms with Gasteiger partial charge in [-0.2, -0.15) is 0 Å². The Labute approximate surface area is 133 Å². The monoisotopic (exact) mass is 319 g/mol. The Balaban J connectivity index is 1.76. The summed E-state index contributed by atoms with van der Waals surface area (Å²) in [6.45, 7) is 1.65. The minimum atomic E-state index is -0.979. The number of benzene rings is 1. The highest BCUT2D eigenvalue weighted by Crippen LogP contribution is 2.11. The molecule has 0 atom stereocenters. The van der Waals surface area contributed by atoms with Crippen LogP contribution in [0.25, 0.3) is 0 Å². The highest BCUT2D eigenvalue weighted by Gasteiger charge is 2.44.